The number of carbonyl (C=O) groups excluding carboxylic acids is 4. The Balaban J connectivity index is -0.000000280. The normalized spacial score (nSPS) is 10.6. The fourth-order valence-electron chi connectivity index (χ4n) is 9.15. The second-order valence-electron chi connectivity index (χ2n) is 21.5. The first-order chi connectivity index (χ1) is 35.1. The van der Waals surface area contributed by atoms with Gasteiger partial charge in [0.15, 0.2) is 0 Å². The Labute approximate surface area is 469 Å². The predicted octanol–water partition coefficient (Wildman–Crippen LogP) is 16.9. The van der Waals surface area contributed by atoms with Gasteiger partial charge >= 0.3 is 21.1 Å². The summed E-state index contributed by atoms with van der Waals surface area (Å²) in [6.07, 6.45) is 67.7. The summed E-state index contributed by atoms with van der Waals surface area (Å²) >= 11 is 0. The van der Waals surface area contributed by atoms with Gasteiger partial charge < -0.3 is 39.6 Å². The van der Waals surface area contributed by atoms with Crippen LogP contribution in [0.1, 0.15) is 387 Å². The second kappa shape index (κ2) is 77.1. The number of aliphatic carboxylic acids is 4. The molecule has 0 saturated heterocycles. The van der Waals surface area contributed by atoms with Crippen LogP contribution in [-0.2, 0) is 40.2 Å². The molecule has 0 saturated carbocycles. The van der Waals surface area contributed by atoms with E-state index in [9.17, 15) is 39.6 Å². The van der Waals surface area contributed by atoms with Crippen LogP contribution < -0.4 is 20.4 Å². The Bertz CT molecular complexity index is 879. The van der Waals surface area contributed by atoms with Crippen LogP contribution in [0.25, 0.3) is 0 Å². The van der Waals surface area contributed by atoms with Crippen molar-refractivity contribution in [2.45, 2.75) is 387 Å². The van der Waals surface area contributed by atoms with Crippen LogP contribution >= 0.6 is 0 Å². The maximum atomic E-state index is 10.2. The third-order valence-corrected chi connectivity index (χ3v) is 13.9. The predicted molar refractivity (Wildman–Crippen MR) is 301 cm³/mol. The van der Waals surface area contributed by atoms with Gasteiger partial charge in [-0.05, 0) is 51.4 Å². The van der Waals surface area contributed by atoms with Crippen molar-refractivity contribution in [3.63, 3.8) is 0 Å². The van der Waals surface area contributed by atoms with Gasteiger partial charge in [0.1, 0.15) is 0 Å². The van der Waals surface area contributed by atoms with Crippen LogP contribution in [0.5, 0.6) is 0 Å². The summed E-state index contributed by atoms with van der Waals surface area (Å²) in [6, 6.07) is 0. The summed E-state index contributed by atoms with van der Waals surface area (Å²) in [5.41, 5.74) is 0. The second-order valence-corrected chi connectivity index (χ2v) is 21.5. The van der Waals surface area contributed by atoms with E-state index in [0.717, 1.165) is 51.4 Å². The van der Waals surface area contributed by atoms with Crippen LogP contribution in [0, 0.1) is 0 Å². The molecule has 9 heteroatoms. The number of carboxylic acid groups (broad SMARTS) is 4. The minimum atomic E-state index is -0.905. The molecule has 0 aliphatic carbocycles. The fraction of sp³-hybridized carbons (Fsp3) is 0.938. The Morgan fingerprint density at radius 2 is 0.260 bits per heavy atom. The van der Waals surface area contributed by atoms with Crippen molar-refractivity contribution in [3.8, 4) is 0 Å². The van der Waals surface area contributed by atoms with E-state index >= 15 is 0 Å². The van der Waals surface area contributed by atoms with E-state index in [1.165, 1.54) is 283 Å². The van der Waals surface area contributed by atoms with Crippen molar-refractivity contribution in [2.75, 3.05) is 0 Å². The van der Waals surface area contributed by atoms with Gasteiger partial charge in [-0.1, -0.05) is 336 Å². The first-order valence-electron chi connectivity index (χ1n) is 31.9. The Morgan fingerprint density at radius 3 is 0.342 bits per heavy atom. The minimum Gasteiger partial charge on any atom is -0.550 e. The Hall–Kier alpha value is -1.43. The van der Waals surface area contributed by atoms with E-state index in [0.29, 0.717) is 0 Å². The van der Waals surface area contributed by atoms with E-state index < -0.39 is 23.9 Å². The molecule has 0 aromatic rings. The first-order valence-corrected chi connectivity index (χ1v) is 31.9. The largest absolute Gasteiger partial charge is 4.00 e. The molecular weight excluding hydrogens is 993 g/mol. The fourth-order valence-corrected chi connectivity index (χ4v) is 9.15. The Morgan fingerprint density at radius 1 is 0.178 bits per heavy atom. The van der Waals surface area contributed by atoms with Crippen molar-refractivity contribution in [1.82, 2.24) is 0 Å². The zero-order chi connectivity index (χ0) is 53.9. The van der Waals surface area contributed by atoms with Crippen LogP contribution in [0.4, 0.5) is 0 Å². The van der Waals surface area contributed by atoms with Crippen molar-refractivity contribution >= 4 is 23.9 Å². The van der Waals surface area contributed by atoms with Gasteiger partial charge in [0.25, 0.3) is 0 Å². The molecule has 0 radical (unpaired) electrons. The van der Waals surface area contributed by atoms with E-state index in [1.807, 2.05) is 0 Å². The Kier molecular flexibility index (Phi) is 84.9. The van der Waals surface area contributed by atoms with E-state index in [1.54, 1.807) is 0 Å². The average molecular weight is 1120 g/mol. The molecule has 0 aliphatic heterocycles. The molecule has 0 rings (SSSR count). The number of hydrogen-bond acceptors (Lipinski definition) is 8. The van der Waals surface area contributed by atoms with Crippen LogP contribution in [0.2, 0.25) is 0 Å². The van der Waals surface area contributed by atoms with Gasteiger partial charge in [-0.25, -0.2) is 0 Å². The molecule has 434 valence electrons. The summed E-state index contributed by atoms with van der Waals surface area (Å²) in [5, 5.41) is 40.8. The van der Waals surface area contributed by atoms with Gasteiger partial charge in [0, 0.05) is 23.9 Å². The van der Waals surface area contributed by atoms with Crippen LogP contribution in [0.15, 0.2) is 0 Å². The summed E-state index contributed by atoms with van der Waals surface area (Å²) in [7, 11) is 0. The van der Waals surface area contributed by atoms with Gasteiger partial charge in [0.05, 0.1) is 0 Å². The SMILES string of the molecule is CCCCCCCCCCCCCCCC(=O)[O-].CCCCCCCCCCCCCCCC(=O)[O-].CCCCCCCCCCCCCCCC(=O)[O-].CCCCCCCCCCCCCCCC(=O)[O-].[Mo+4]. The maximum Gasteiger partial charge on any atom is 4.00 e. The van der Waals surface area contributed by atoms with Crippen molar-refractivity contribution < 1.29 is 60.7 Å². The number of carbonyl (C=O) groups is 4. The molecule has 0 spiro atoms. The smallest absolute Gasteiger partial charge is 0.550 e. The van der Waals surface area contributed by atoms with E-state index in [2.05, 4.69) is 27.7 Å². The van der Waals surface area contributed by atoms with Gasteiger partial charge in [-0.2, -0.15) is 0 Å². The summed E-state index contributed by atoms with van der Waals surface area (Å²) in [4.78, 5) is 40.8. The zero-order valence-corrected chi connectivity index (χ0v) is 51.3. The third kappa shape index (κ3) is 96.7. The number of rotatable bonds is 56. The molecule has 0 N–H and O–H groups in total. The number of carboxylic acids is 4. The third-order valence-electron chi connectivity index (χ3n) is 13.9. The quantitative estimate of drug-likeness (QED) is 0.0430. The van der Waals surface area contributed by atoms with Crippen LogP contribution in [0.3, 0.4) is 0 Å². The topological polar surface area (TPSA) is 161 Å². The van der Waals surface area contributed by atoms with Gasteiger partial charge in [-0.15, -0.1) is 0 Å². The molecule has 0 atom stereocenters. The molecule has 0 aromatic carbocycles. The standard InChI is InChI=1S/4C16H32O2.Mo/c4*1-2-3-4-5-6-7-8-9-10-11-12-13-14-15-16(17)18;/h4*2-15H2,1H3,(H,17,18);/q;;;;+4/p-4. The number of hydrogen-bond donors (Lipinski definition) is 0. The van der Waals surface area contributed by atoms with Crippen LogP contribution in [-0.4, -0.2) is 23.9 Å². The molecule has 0 aliphatic rings. The molecule has 0 amide bonds. The maximum absolute atomic E-state index is 10.2. The van der Waals surface area contributed by atoms with Crippen molar-refractivity contribution in [1.29, 1.82) is 0 Å². The molecule has 0 aromatic heterocycles. The van der Waals surface area contributed by atoms with Gasteiger partial charge in [-0.3, -0.25) is 0 Å². The monoisotopic (exact) mass is 1120 g/mol. The molecule has 73 heavy (non-hydrogen) atoms. The summed E-state index contributed by atoms with van der Waals surface area (Å²) in [5.74, 6) is -3.62. The molecular formula is C64H124MoO8. The number of unbranched alkanes of at least 4 members (excludes halogenated alkanes) is 48. The summed E-state index contributed by atoms with van der Waals surface area (Å²) in [6.45, 7) is 9.03. The molecule has 0 bridgehead atoms. The molecule has 0 unspecified atom stereocenters. The minimum absolute atomic E-state index is 0. The summed E-state index contributed by atoms with van der Waals surface area (Å²) < 4.78 is 0. The zero-order valence-electron chi connectivity index (χ0n) is 49.3. The van der Waals surface area contributed by atoms with Gasteiger partial charge in [0.2, 0.25) is 0 Å². The molecule has 0 fully saturated rings. The van der Waals surface area contributed by atoms with E-state index in [4.69, 9.17) is 0 Å². The van der Waals surface area contributed by atoms with Crippen molar-refractivity contribution in [2.24, 2.45) is 0 Å². The van der Waals surface area contributed by atoms with Crippen molar-refractivity contribution in [3.05, 3.63) is 0 Å². The molecule has 0 heterocycles. The average Bonchev–Trinajstić information content (AvgIpc) is 3.35. The first kappa shape index (κ1) is 80.4. The van der Waals surface area contributed by atoms with E-state index in [-0.39, 0.29) is 46.7 Å². The molecule has 8 nitrogen and oxygen atoms in total.